The summed E-state index contributed by atoms with van der Waals surface area (Å²) in [7, 11) is 0. The van der Waals surface area contributed by atoms with E-state index in [-0.39, 0.29) is 17.6 Å². The lowest BCUT2D eigenvalue weighted by molar-refractivity contribution is -0.386. The maximum absolute atomic E-state index is 10.9. The van der Waals surface area contributed by atoms with Crippen LogP contribution in [0.2, 0.25) is 0 Å². The Morgan fingerprint density at radius 3 is 3.17 bits per heavy atom. The maximum Gasteiger partial charge on any atom is 0.350 e. The number of aromatic nitrogens is 2. The van der Waals surface area contributed by atoms with Crippen molar-refractivity contribution in [3.05, 3.63) is 16.3 Å². The molecule has 1 saturated heterocycles. The largest absolute Gasteiger partial charge is 0.472 e. The quantitative estimate of drug-likeness (QED) is 0.441. The van der Waals surface area contributed by atoms with Gasteiger partial charge in [-0.05, 0) is 12.8 Å². The van der Waals surface area contributed by atoms with E-state index < -0.39 is 4.92 Å². The van der Waals surface area contributed by atoms with Crippen LogP contribution in [0.25, 0.3) is 0 Å². The fourth-order valence-corrected chi connectivity index (χ4v) is 1.82. The molecule has 0 N–H and O–H groups in total. The Kier molecular flexibility index (Phi) is 4.14. The monoisotopic (exact) mass is 255 g/mol. The molecule has 1 fully saturated rings. The Morgan fingerprint density at radius 2 is 2.56 bits per heavy atom. The van der Waals surface area contributed by atoms with Gasteiger partial charge in [-0.25, -0.2) is 0 Å². The van der Waals surface area contributed by atoms with Crippen LogP contribution in [0.15, 0.2) is 6.20 Å². The lowest BCUT2D eigenvalue weighted by atomic mass is 10.3. The summed E-state index contributed by atoms with van der Waals surface area (Å²) in [6.07, 6.45) is 4.09. The second kappa shape index (κ2) is 5.81. The third kappa shape index (κ3) is 2.79. The molecule has 0 bridgehead atoms. The van der Waals surface area contributed by atoms with E-state index in [9.17, 15) is 10.1 Å². The molecule has 1 atom stereocenters. The average molecular weight is 255 g/mol. The number of hydrogen-bond acceptors (Lipinski definition) is 5. The summed E-state index contributed by atoms with van der Waals surface area (Å²) >= 11 is 0. The molecule has 0 aliphatic carbocycles. The molecular weight excluding hydrogens is 238 g/mol. The van der Waals surface area contributed by atoms with Gasteiger partial charge in [-0.15, -0.1) is 5.10 Å². The molecule has 0 saturated carbocycles. The van der Waals surface area contributed by atoms with Crippen molar-refractivity contribution in [3.8, 4) is 5.88 Å². The van der Waals surface area contributed by atoms with Crippen molar-refractivity contribution in [2.24, 2.45) is 0 Å². The fraction of sp³-hybridized carbons (Fsp3) is 0.727. The van der Waals surface area contributed by atoms with Crippen LogP contribution in [0, 0.1) is 10.1 Å². The van der Waals surface area contributed by atoms with Gasteiger partial charge in [-0.1, -0.05) is 13.3 Å². The number of nitrogens with zero attached hydrogens (tertiary/aromatic N) is 3. The molecule has 100 valence electrons. The van der Waals surface area contributed by atoms with Gasteiger partial charge in [0.1, 0.15) is 6.20 Å². The molecule has 18 heavy (non-hydrogen) atoms. The predicted octanol–water partition coefficient (Wildman–Crippen LogP) is 1.93. The molecule has 1 aromatic heterocycles. The second-order valence-electron chi connectivity index (χ2n) is 4.28. The first-order valence-electron chi connectivity index (χ1n) is 6.16. The predicted molar refractivity (Wildman–Crippen MR) is 63.8 cm³/mol. The van der Waals surface area contributed by atoms with Crippen LogP contribution in [0.3, 0.4) is 0 Å². The molecule has 7 nitrogen and oxygen atoms in total. The summed E-state index contributed by atoms with van der Waals surface area (Å²) in [6.45, 7) is 3.71. The Bertz CT molecular complexity index is 412. The number of ether oxygens (including phenoxy) is 2. The molecule has 1 aromatic rings. The Labute approximate surface area is 105 Å². The first kappa shape index (κ1) is 12.8. The number of rotatable bonds is 6. The van der Waals surface area contributed by atoms with Crippen molar-refractivity contribution >= 4 is 5.69 Å². The van der Waals surface area contributed by atoms with Crippen LogP contribution in [0.4, 0.5) is 5.69 Å². The van der Waals surface area contributed by atoms with Gasteiger partial charge in [-0.3, -0.25) is 14.8 Å². The van der Waals surface area contributed by atoms with E-state index in [2.05, 4.69) is 5.10 Å². The van der Waals surface area contributed by atoms with Crippen molar-refractivity contribution in [3.63, 3.8) is 0 Å². The van der Waals surface area contributed by atoms with E-state index in [0.717, 1.165) is 19.3 Å². The van der Waals surface area contributed by atoms with Crippen LogP contribution in [0.5, 0.6) is 5.88 Å². The lowest BCUT2D eigenvalue weighted by Gasteiger charge is -2.06. The van der Waals surface area contributed by atoms with Gasteiger partial charge in [-0.2, -0.15) is 0 Å². The van der Waals surface area contributed by atoms with E-state index in [0.29, 0.717) is 19.8 Å². The van der Waals surface area contributed by atoms with E-state index >= 15 is 0 Å². The summed E-state index contributed by atoms with van der Waals surface area (Å²) in [6, 6.07) is 0.0761. The zero-order valence-corrected chi connectivity index (χ0v) is 10.4. The highest BCUT2D eigenvalue weighted by Gasteiger charge is 2.26. The molecule has 0 spiro atoms. The summed E-state index contributed by atoms with van der Waals surface area (Å²) < 4.78 is 12.2. The molecule has 0 amide bonds. The molecule has 1 aliphatic rings. The van der Waals surface area contributed by atoms with Crippen molar-refractivity contribution in [1.29, 1.82) is 0 Å². The minimum absolute atomic E-state index is 0.0713. The Balaban J connectivity index is 2.12. The molecule has 1 unspecified atom stereocenters. The molecule has 2 rings (SSSR count). The summed E-state index contributed by atoms with van der Waals surface area (Å²) in [4.78, 5) is 10.5. The van der Waals surface area contributed by atoms with E-state index in [1.807, 2.05) is 6.92 Å². The van der Waals surface area contributed by atoms with Gasteiger partial charge in [0.15, 0.2) is 0 Å². The molecule has 1 aliphatic heterocycles. The Hall–Kier alpha value is -1.63. The molecule has 2 heterocycles. The highest BCUT2D eigenvalue weighted by atomic mass is 16.6. The lowest BCUT2D eigenvalue weighted by Crippen LogP contribution is -2.09. The highest BCUT2D eigenvalue weighted by Crippen LogP contribution is 2.29. The van der Waals surface area contributed by atoms with Crippen LogP contribution in [-0.4, -0.2) is 34.5 Å². The van der Waals surface area contributed by atoms with Crippen LogP contribution in [-0.2, 0) is 4.74 Å². The first-order chi connectivity index (χ1) is 8.72. The summed E-state index contributed by atoms with van der Waals surface area (Å²) in [5.41, 5.74) is -0.0713. The zero-order chi connectivity index (χ0) is 13.0. The fourth-order valence-electron chi connectivity index (χ4n) is 1.82. The average Bonchev–Trinajstić information content (AvgIpc) is 2.97. The topological polar surface area (TPSA) is 79.4 Å². The minimum atomic E-state index is -0.458. The van der Waals surface area contributed by atoms with E-state index in [4.69, 9.17) is 9.47 Å². The normalized spacial score (nSPS) is 19.1. The third-order valence-electron chi connectivity index (χ3n) is 2.89. The first-order valence-corrected chi connectivity index (χ1v) is 6.16. The molecule has 7 heteroatoms. The second-order valence-corrected chi connectivity index (χ2v) is 4.28. The number of unbranched alkanes of at least 4 members (excludes halogenated alkanes) is 1. The number of nitro groups is 1. The van der Waals surface area contributed by atoms with Gasteiger partial charge in [0.25, 0.3) is 0 Å². The zero-order valence-electron chi connectivity index (χ0n) is 10.4. The van der Waals surface area contributed by atoms with Crippen LogP contribution >= 0.6 is 0 Å². The van der Waals surface area contributed by atoms with E-state index in [1.54, 1.807) is 4.68 Å². The SMILES string of the molecule is CCCCOc1nn(C2CCOC2)cc1[N+](=O)[O-]. The summed E-state index contributed by atoms with van der Waals surface area (Å²) in [5, 5.41) is 15.1. The smallest absolute Gasteiger partial charge is 0.350 e. The van der Waals surface area contributed by atoms with Crippen molar-refractivity contribution in [2.75, 3.05) is 19.8 Å². The van der Waals surface area contributed by atoms with Gasteiger partial charge in [0.2, 0.25) is 0 Å². The van der Waals surface area contributed by atoms with Gasteiger partial charge in [0, 0.05) is 6.61 Å². The van der Waals surface area contributed by atoms with Gasteiger partial charge < -0.3 is 9.47 Å². The Morgan fingerprint density at radius 1 is 1.72 bits per heavy atom. The molecule has 0 radical (unpaired) electrons. The number of hydrogen-bond donors (Lipinski definition) is 0. The van der Waals surface area contributed by atoms with Gasteiger partial charge in [0.05, 0.1) is 24.2 Å². The third-order valence-corrected chi connectivity index (χ3v) is 2.89. The van der Waals surface area contributed by atoms with Gasteiger partial charge >= 0.3 is 11.6 Å². The molecule has 0 aromatic carbocycles. The van der Waals surface area contributed by atoms with Crippen LogP contribution in [0.1, 0.15) is 32.2 Å². The van der Waals surface area contributed by atoms with Crippen molar-refractivity contribution in [2.45, 2.75) is 32.2 Å². The van der Waals surface area contributed by atoms with Crippen molar-refractivity contribution < 1.29 is 14.4 Å². The minimum Gasteiger partial charge on any atom is -0.472 e. The molecular formula is C11H17N3O4. The van der Waals surface area contributed by atoms with Crippen molar-refractivity contribution in [1.82, 2.24) is 9.78 Å². The maximum atomic E-state index is 10.9. The highest BCUT2D eigenvalue weighted by molar-refractivity contribution is 5.38. The van der Waals surface area contributed by atoms with Crippen LogP contribution < -0.4 is 4.74 Å². The standard InChI is InChI=1S/C11H17N3O4/c1-2-3-5-18-11-10(14(15)16)7-13(12-11)9-4-6-17-8-9/h7,9H,2-6,8H2,1H3. The summed E-state index contributed by atoms with van der Waals surface area (Å²) in [5.74, 6) is 0.111. The van der Waals surface area contributed by atoms with E-state index in [1.165, 1.54) is 6.20 Å².